The second-order valence-corrected chi connectivity index (χ2v) is 5.23. The fourth-order valence-corrected chi connectivity index (χ4v) is 2.18. The van der Waals surface area contributed by atoms with Gasteiger partial charge in [0.15, 0.2) is 11.6 Å². The van der Waals surface area contributed by atoms with Crippen molar-refractivity contribution in [2.45, 2.75) is 13.5 Å². The van der Waals surface area contributed by atoms with Gasteiger partial charge in [0.2, 0.25) is 0 Å². The number of fused-ring (bicyclic) bond motifs is 1. The van der Waals surface area contributed by atoms with Gasteiger partial charge in [-0.05, 0) is 36.8 Å². The number of pyridine rings is 1. The number of carbonyl (C=O) groups excluding carboxylic acids is 1. The van der Waals surface area contributed by atoms with Crippen LogP contribution in [-0.2, 0) is 11.3 Å². The lowest BCUT2D eigenvalue weighted by atomic mass is 10.2. The predicted molar refractivity (Wildman–Crippen MR) is 81.7 cm³/mol. The molecule has 0 aliphatic heterocycles. The molecule has 0 radical (unpaired) electrons. The summed E-state index contributed by atoms with van der Waals surface area (Å²) in [5.74, 6) is -3.02. The standard InChI is InChI=1S/C17H12F2N2O3/c1-10-2-5-15-20-12(7-16(22)21(15)8-10)9-24-17(23)11-3-4-13(18)14(19)6-11/h2-8H,9H2,1H3. The van der Waals surface area contributed by atoms with Gasteiger partial charge in [-0.15, -0.1) is 0 Å². The van der Waals surface area contributed by atoms with E-state index < -0.39 is 17.6 Å². The van der Waals surface area contributed by atoms with Crippen LogP contribution in [0.25, 0.3) is 5.65 Å². The van der Waals surface area contributed by atoms with Crippen molar-refractivity contribution >= 4 is 11.6 Å². The molecule has 2 aromatic heterocycles. The maximum Gasteiger partial charge on any atom is 0.338 e. The summed E-state index contributed by atoms with van der Waals surface area (Å²) in [4.78, 5) is 28.1. The number of aryl methyl sites for hydroxylation is 1. The van der Waals surface area contributed by atoms with E-state index in [4.69, 9.17) is 4.74 Å². The van der Waals surface area contributed by atoms with Crippen LogP contribution in [0.1, 0.15) is 21.6 Å². The molecule has 0 aliphatic rings. The number of hydrogen-bond donors (Lipinski definition) is 0. The summed E-state index contributed by atoms with van der Waals surface area (Å²) in [7, 11) is 0. The molecule has 0 saturated carbocycles. The van der Waals surface area contributed by atoms with Crippen LogP contribution in [0.15, 0.2) is 47.4 Å². The molecule has 7 heteroatoms. The van der Waals surface area contributed by atoms with Gasteiger partial charge in [-0.3, -0.25) is 9.20 Å². The summed E-state index contributed by atoms with van der Waals surface area (Å²) in [6.45, 7) is 1.60. The number of esters is 1. The van der Waals surface area contributed by atoms with E-state index in [1.54, 1.807) is 18.3 Å². The first-order chi connectivity index (χ1) is 11.4. The van der Waals surface area contributed by atoms with Gasteiger partial charge in [0.25, 0.3) is 5.56 Å². The van der Waals surface area contributed by atoms with Crippen LogP contribution >= 0.6 is 0 Å². The van der Waals surface area contributed by atoms with Crippen molar-refractivity contribution in [1.82, 2.24) is 9.38 Å². The van der Waals surface area contributed by atoms with Crippen molar-refractivity contribution < 1.29 is 18.3 Å². The molecule has 1 aromatic carbocycles. The predicted octanol–water partition coefficient (Wildman–Crippen LogP) is 2.64. The summed E-state index contributed by atoms with van der Waals surface area (Å²) >= 11 is 0. The molecule has 0 spiro atoms. The number of nitrogens with zero attached hydrogens (tertiary/aromatic N) is 2. The molecular weight excluding hydrogens is 318 g/mol. The Labute approximate surface area is 135 Å². The second-order valence-electron chi connectivity index (χ2n) is 5.23. The van der Waals surface area contributed by atoms with Crippen molar-refractivity contribution in [1.29, 1.82) is 0 Å². The van der Waals surface area contributed by atoms with Gasteiger partial charge < -0.3 is 4.74 Å². The van der Waals surface area contributed by atoms with Crippen molar-refractivity contribution in [3.8, 4) is 0 Å². The average Bonchev–Trinajstić information content (AvgIpc) is 2.56. The zero-order chi connectivity index (χ0) is 17.3. The van der Waals surface area contributed by atoms with Crippen LogP contribution in [0, 0.1) is 18.6 Å². The Kier molecular flexibility index (Phi) is 4.07. The molecule has 0 fully saturated rings. The monoisotopic (exact) mass is 330 g/mol. The van der Waals surface area contributed by atoms with Crippen molar-refractivity contribution in [2.24, 2.45) is 0 Å². The molecule has 24 heavy (non-hydrogen) atoms. The fraction of sp³-hybridized carbons (Fsp3) is 0.118. The van der Waals surface area contributed by atoms with Crippen LogP contribution in [0.5, 0.6) is 0 Å². The van der Waals surface area contributed by atoms with Crippen LogP contribution in [0.3, 0.4) is 0 Å². The van der Waals surface area contributed by atoms with E-state index in [0.29, 0.717) is 5.65 Å². The molecule has 0 unspecified atom stereocenters. The first kappa shape index (κ1) is 15.8. The molecule has 0 N–H and O–H groups in total. The van der Waals surface area contributed by atoms with Gasteiger partial charge in [0.05, 0.1) is 11.3 Å². The smallest absolute Gasteiger partial charge is 0.338 e. The molecule has 0 aliphatic carbocycles. The lowest BCUT2D eigenvalue weighted by Crippen LogP contribution is -2.17. The quantitative estimate of drug-likeness (QED) is 0.693. The Morgan fingerprint density at radius 1 is 1.17 bits per heavy atom. The molecule has 0 bridgehead atoms. The van der Waals surface area contributed by atoms with E-state index in [-0.39, 0.29) is 23.4 Å². The zero-order valence-electron chi connectivity index (χ0n) is 12.6. The Morgan fingerprint density at radius 3 is 2.71 bits per heavy atom. The van der Waals surface area contributed by atoms with Crippen LogP contribution < -0.4 is 5.56 Å². The fourth-order valence-electron chi connectivity index (χ4n) is 2.18. The first-order valence-electron chi connectivity index (χ1n) is 7.05. The molecule has 5 nitrogen and oxygen atoms in total. The lowest BCUT2D eigenvalue weighted by Gasteiger charge is -2.07. The van der Waals surface area contributed by atoms with E-state index in [2.05, 4.69) is 4.98 Å². The number of halogens is 2. The summed E-state index contributed by atoms with van der Waals surface area (Å²) < 4.78 is 32.4. The van der Waals surface area contributed by atoms with E-state index in [0.717, 1.165) is 23.8 Å². The number of rotatable bonds is 3. The largest absolute Gasteiger partial charge is 0.456 e. The number of aromatic nitrogens is 2. The highest BCUT2D eigenvalue weighted by Crippen LogP contribution is 2.11. The van der Waals surface area contributed by atoms with Crippen molar-refractivity contribution in [2.75, 3.05) is 0 Å². The van der Waals surface area contributed by atoms with Gasteiger partial charge in [-0.1, -0.05) is 6.07 Å². The third-order valence-electron chi connectivity index (χ3n) is 3.37. The Bertz CT molecular complexity index is 999. The van der Waals surface area contributed by atoms with Gasteiger partial charge in [-0.25, -0.2) is 18.6 Å². The minimum absolute atomic E-state index is 0.123. The Hall–Kier alpha value is -3.09. The molecule has 0 saturated heterocycles. The number of ether oxygens (including phenoxy) is 1. The molecular formula is C17H12F2N2O3. The van der Waals surface area contributed by atoms with Crippen molar-refractivity contribution in [3.05, 3.63) is 81.4 Å². The topological polar surface area (TPSA) is 60.7 Å². The van der Waals surface area contributed by atoms with E-state index in [1.807, 2.05) is 6.92 Å². The Balaban J connectivity index is 1.80. The third-order valence-corrected chi connectivity index (χ3v) is 3.37. The number of carbonyl (C=O) groups is 1. The summed E-state index contributed by atoms with van der Waals surface area (Å²) in [6.07, 6.45) is 1.65. The zero-order valence-corrected chi connectivity index (χ0v) is 12.6. The highest BCUT2D eigenvalue weighted by atomic mass is 19.2. The van der Waals surface area contributed by atoms with Gasteiger partial charge in [0, 0.05) is 12.3 Å². The van der Waals surface area contributed by atoms with E-state index in [1.165, 1.54) is 10.5 Å². The summed E-state index contributed by atoms with van der Waals surface area (Å²) in [6, 6.07) is 7.45. The highest BCUT2D eigenvalue weighted by molar-refractivity contribution is 5.89. The third kappa shape index (κ3) is 3.15. The summed E-state index contributed by atoms with van der Waals surface area (Å²) in [5, 5.41) is 0. The SMILES string of the molecule is Cc1ccc2nc(COC(=O)c3ccc(F)c(F)c3)cc(=O)n2c1. The van der Waals surface area contributed by atoms with Crippen LogP contribution in [-0.4, -0.2) is 15.4 Å². The average molecular weight is 330 g/mol. The molecule has 3 aromatic rings. The van der Waals surface area contributed by atoms with E-state index >= 15 is 0 Å². The molecule has 2 heterocycles. The van der Waals surface area contributed by atoms with Gasteiger partial charge in [0.1, 0.15) is 12.3 Å². The highest BCUT2D eigenvalue weighted by Gasteiger charge is 2.12. The molecule has 0 atom stereocenters. The normalized spacial score (nSPS) is 10.8. The van der Waals surface area contributed by atoms with Gasteiger partial charge in [-0.2, -0.15) is 0 Å². The molecule has 3 rings (SSSR count). The van der Waals surface area contributed by atoms with Crippen LogP contribution in [0.4, 0.5) is 8.78 Å². The summed E-state index contributed by atoms with van der Waals surface area (Å²) in [5.41, 5.74) is 1.17. The second kappa shape index (κ2) is 6.19. The van der Waals surface area contributed by atoms with Crippen LogP contribution in [0.2, 0.25) is 0 Å². The maximum atomic E-state index is 13.1. The first-order valence-corrected chi connectivity index (χ1v) is 7.05. The maximum absolute atomic E-state index is 13.1. The van der Waals surface area contributed by atoms with Gasteiger partial charge >= 0.3 is 5.97 Å². The van der Waals surface area contributed by atoms with E-state index in [9.17, 15) is 18.4 Å². The number of hydrogen-bond acceptors (Lipinski definition) is 4. The Morgan fingerprint density at radius 2 is 1.96 bits per heavy atom. The molecule has 0 amide bonds. The number of benzene rings is 1. The van der Waals surface area contributed by atoms with Crippen molar-refractivity contribution in [3.63, 3.8) is 0 Å². The lowest BCUT2D eigenvalue weighted by molar-refractivity contribution is 0.0467. The minimum Gasteiger partial charge on any atom is -0.456 e. The minimum atomic E-state index is -1.14. The molecule has 122 valence electrons.